The van der Waals surface area contributed by atoms with Gasteiger partial charge in [-0.25, -0.2) is 4.98 Å². The number of aromatic nitrogens is 4. The lowest BCUT2D eigenvalue weighted by Crippen LogP contribution is -2.22. The molecule has 0 fully saturated rings. The van der Waals surface area contributed by atoms with Crippen LogP contribution in [0.25, 0.3) is 11.2 Å². The maximum absolute atomic E-state index is 11.7. The van der Waals surface area contributed by atoms with Gasteiger partial charge in [-0.2, -0.15) is 4.98 Å². The maximum atomic E-state index is 11.7. The molecule has 0 unspecified atom stereocenters. The zero-order chi connectivity index (χ0) is 11.9. The van der Waals surface area contributed by atoms with Gasteiger partial charge in [0.05, 0.1) is 6.33 Å². The molecule has 6 nitrogen and oxygen atoms in total. The Balaban J connectivity index is 2.81. The van der Waals surface area contributed by atoms with Crippen LogP contribution in [0.3, 0.4) is 0 Å². The average Bonchev–Trinajstić information content (AvgIpc) is 2.60. The summed E-state index contributed by atoms with van der Waals surface area (Å²) in [6, 6.07) is 0. The molecule has 0 radical (unpaired) electrons. The zero-order valence-corrected chi connectivity index (χ0v) is 9.83. The number of H-pyrrole nitrogens is 1. The van der Waals surface area contributed by atoms with E-state index in [1.165, 1.54) is 0 Å². The van der Waals surface area contributed by atoms with Gasteiger partial charge in [0.2, 0.25) is 5.95 Å². The lowest BCUT2D eigenvalue weighted by Gasteiger charge is -2.20. The second-order valence-electron chi connectivity index (χ2n) is 4.62. The predicted molar refractivity (Wildman–Crippen MR) is 62.7 cm³/mol. The Kier molecular flexibility index (Phi) is 2.22. The summed E-state index contributed by atoms with van der Waals surface area (Å²) >= 11 is 0. The number of fused-ring (bicyclic) bond motifs is 1. The van der Waals surface area contributed by atoms with Crippen molar-refractivity contribution in [2.24, 2.45) is 0 Å². The topological polar surface area (TPSA) is 75.6 Å². The van der Waals surface area contributed by atoms with Crippen LogP contribution in [0.5, 0.6) is 0 Å². The van der Waals surface area contributed by atoms with Crippen molar-refractivity contribution in [3.63, 3.8) is 0 Å². The summed E-state index contributed by atoms with van der Waals surface area (Å²) in [7, 11) is 1.71. The molecule has 0 bridgehead atoms. The Morgan fingerprint density at radius 1 is 1.44 bits per heavy atom. The van der Waals surface area contributed by atoms with Crippen LogP contribution in [0.4, 0.5) is 5.95 Å². The minimum absolute atomic E-state index is 0.152. The largest absolute Gasteiger partial charge is 0.359 e. The third-order valence-electron chi connectivity index (χ3n) is 2.37. The Morgan fingerprint density at radius 3 is 2.69 bits per heavy atom. The van der Waals surface area contributed by atoms with Crippen molar-refractivity contribution in [2.45, 2.75) is 26.3 Å². The first-order valence-corrected chi connectivity index (χ1v) is 5.09. The van der Waals surface area contributed by atoms with Crippen LogP contribution in [0.1, 0.15) is 20.8 Å². The smallest absolute Gasteiger partial charge is 0.280 e. The summed E-state index contributed by atoms with van der Waals surface area (Å²) in [4.78, 5) is 22.7. The minimum Gasteiger partial charge on any atom is -0.359 e. The van der Waals surface area contributed by atoms with E-state index in [1.54, 1.807) is 13.4 Å². The summed E-state index contributed by atoms with van der Waals surface area (Å²) in [5.41, 5.74) is 0.590. The molecule has 2 heterocycles. The SMILES string of the molecule is CNc1nc2c(ncn2C(C)(C)C)c(=O)[nH]1. The third-order valence-corrected chi connectivity index (χ3v) is 2.37. The third kappa shape index (κ3) is 1.56. The number of aromatic amines is 1. The standard InChI is InChI=1S/C10H15N5O/c1-10(2,3)15-5-12-6-7(15)13-9(11-4)14-8(6)16/h5H,1-4H3,(H2,11,13,14,16). The fourth-order valence-corrected chi connectivity index (χ4v) is 1.52. The number of imidazole rings is 1. The van der Waals surface area contributed by atoms with Gasteiger partial charge in [-0.05, 0) is 20.8 Å². The van der Waals surface area contributed by atoms with Crippen molar-refractivity contribution in [1.29, 1.82) is 0 Å². The fraction of sp³-hybridized carbons (Fsp3) is 0.500. The van der Waals surface area contributed by atoms with E-state index in [-0.39, 0.29) is 11.1 Å². The number of rotatable bonds is 1. The Labute approximate surface area is 92.7 Å². The molecular weight excluding hydrogens is 206 g/mol. The Bertz CT molecular complexity index is 575. The summed E-state index contributed by atoms with van der Waals surface area (Å²) in [5, 5.41) is 2.82. The van der Waals surface area contributed by atoms with E-state index in [9.17, 15) is 4.79 Å². The van der Waals surface area contributed by atoms with Crippen LogP contribution < -0.4 is 10.9 Å². The molecule has 0 aliphatic heterocycles. The maximum Gasteiger partial charge on any atom is 0.280 e. The summed E-state index contributed by atoms with van der Waals surface area (Å²) in [5.74, 6) is 0.448. The fourth-order valence-electron chi connectivity index (χ4n) is 1.52. The van der Waals surface area contributed by atoms with Gasteiger partial charge in [0.15, 0.2) is 11.2 Å². The summed E-state index contributed by atoms with van der Waals surface area (Å²) in [6.45, 7) is 6.11. The first-order chi connectivity index (χ1) is 7.43. The lowest BCUT2D eigenvalue weighted by atomic mass is 10.1. The highest BCUT2D eigenvalue weighted by Crippen LogP contribution is 2.18. The van der Waals surface area contributed by atoms with Crippen LogP contribution in [-0.2, 0) is 5.54 Å². The van der Waals surface area contributed by atoms with Gasteiger partial charge in [0, 0.05) is 12.6 Å². The van der Waals surface area contributed by atoms with Crippen molar-refractivity contribution in [1.82, 2.24) is 19.5 Å². The van der Waals surface area contributed by atoms with Crippen LogP contribution in [0, 0.1) is 0 Å². The number of anilines is 1. The average molecular weight is 221 g/mol. The van der Waals surface area contributed by atoms with Gasteiger partial charge in [-0.1, -0.05) is 0 Å². The molecular formula is C10H15N5O. The molecule has 0 aromatic carbocycles. The normalized spacial score (nSPS) is 12.0. The molecule has 0 aliphatic rings. The molecule has 0 saturated carbocycles. The van der Waals surface area contributed by atoms with Crippen molar-refractivity contribution >= 4 is 17.1 Å². The second kappa shape index (κ2) is 3.33. The van der Waals surface area contributed by atoms with Crippen LogP contribution in [-0.4, -0.2) is 26.6 Å². The summed E-state index contributed by atoms with van der Waals surface area (Å²) in [6.07, 6.45) is 1.65. The first kappa shape index (κ1) is 10.7. The molecule has 16 heavy (non-hydrogen) atoms. The van der Waals surface area contributed by atoms with Gasteiger partial charge in [-0.3, -0.25) is 9.78 Å². The van der Waals surface area contributed by atoms with E-state index in [2.05, 4.69) is 20.3 Å². The van der Waals surface area contributed by atoms with Crippen LogP contribution in [0.2, 0.25) is 0 Å². The van der Waals surface area contributed by atoms with Gasteiger partial charge < -0.3 is 9.88 Å². The number of hydrogen-bond acceptors (Lipinski definition) is 4. The highest BCUT2D eigenvalue weighted by molar-refractivity contribution is 5.71. The molecule has 86 valence electrons. The van der Waals surface area contributed by atoms with Gasteiger partial charge >= 0.3 is 0 Å². The molecule has 2 aromatic heterocycles. The van der Waals surface area contributed by atoms with Crippen molar-refractivity contribution in [3.8, 4) is 0 Å². The second-order valence-corrected chi connectivity index (χ2v) is 4.62. The van der Waals surface area contributed by atoms with E-state index in [1.807, 2.05) is 25.3 Å². The minimum atomic E-state index is -0.225. The van der Waals surface area contributed by atoms with Gasteiger partial charge in [0.1, 0.15) is 0 Å². The molecule has 0 atom stereocenters. The molecule has 0 saturated heterocycles. The Morgan fingerprint density at radius 2 is 2.12 bits per heavy atom. The predicted octanol–water partition coefficient (Wildman–Crippen LogP) is 0.916. The van der Waals surface area contributed by atoms with Gasteiger partial charge in [-0.15, -0.1) is 0 Å². The number of nitrogens with zero attached hydrogens (tertiary/aromatic N) is 3. The van der Waals surface area contributed by atoms with Crippen molar-refractivity contribution in [3.05, 3.63) is 16.7 Å². The van der Waals surface area contributed by atoms with E-state index in [0.29, 0.717) is 17.1 Å². The molecule has 0 spiro atoms. The van der Waals surface area contributed by atoms with E-state index < -0.39 is 0 Å². The molecule has 2 aromatic rings. The van der Waals surface area contributed by atoms with Gasteiger partial charge in [0.25, 0.3) is 5.56 Å². The van der Waals surface area contributed by atoms with E-state index in [4.69, 9.17) is 0 Å². The van der Waals surface area contributed by atoms with Crippen molar-refractivity contribution < 1.29 is 0 Å². The number of nitrogens with one attached hydrogen (secondary N) is 2. The lowest BCUT2D eigenvalue weighted by molar-refractivity contribution is 0.406. The highest BCUT2D eigenvalue weighted by atomic mass is 16.1. The van der Waals surface area contributed by atoms with Crippen LogP contribution >= 0.6 is 0 Å². The molecule has 6 heteroatoms. The molecule has 0 aliphatic carbocycles. The quantitative estimate of drug-likeness (QED) is 0.750. The van der Waals surface area contributed by atoms with E-state index >= 15 is 0 Å². The monoisotopic (exact) mass is 221 g/mol. The molecule has 2 rings (SSSR count). The number of hydrogen-bond donors (Lipinski definition) is 2. The molecule has 0 amide bonds. The van der Waals surface area contributed by atoms with E-state index in [0.717, 1.165) is 0 Å². The zero-order valence-electron chi connectivity index (χ0n) is 9.83. The summed E-state index contributed by atoms with van der Waals surface area (Å²) < 4.78 is 1.89. The Hall–Kier alpha value is -1.85. The molecule has 2 N–H and O–H groups in total. The first-order valence-electron chi connectivity index (χ1n) is 5.09. The highest BCUT2D eigenvalue weighted by Gasteiger charge is 2.18. The van der Waals surface area contributed by atoms with Crippen molar-refractivity contribution in [2.75, 3.05) is 12.4 Å². The van der Waals surface area contributed by atoms with Crippen LogP contribution in [0.15, 0.2) is 11.1 Å².